The molecule has 0 aliphatic heterocycles. The SMILES string of the molecule is CN(C)CCOCCn1nnnc1SCC(=O)O. The minimum Gasteiger partial charge on any atom is -0.481 e. The lowest BCUT2D eigenvalue weighted by atomic mass is 10.6. The normalized spacial score (nSPS) is 11.1. The molecular weight excluding hydrogens is 258 g/mol. The van der Waals surface area contributed by atoms with Gasteiger partial charge in [0.25, 0.3) is 0 Å². The standard InChI is InChI=1S/C9H17N5O3S/c1-13(2)3-5-17-6-4-14-9(10-11-12-14)18-7-8(15)16/h3-7H2,1-2H3,(H,15,16). The summed E-state index contributed by atoms with van der Waals surface area (Å²) in [6.45, 7) is 2.52. The zero-order valence-corrected chi connectivity index (χ0v) is 11.3. The molecule has 1 heterocycles. The number of carboxylic acids is 1. The molecule has 0 aliphatic rings. The van der Waals surface area contributed by atoms with Gasteiger partial charge < -0.3 is 14.7 Å². The van der Waals surface area contributed by atoms with E-state index >= 15 is 0 Å². The number of hydrogen-bond acceptors (Lipinski definition) is 7. The monoisotopic (exact) mass is 275 g/mol. The summed E-state index contributed by atoms with van der Waals surface area (Å²) in [4.78, 5) is 12.5. The Kier molecular flexibility index (Phi) is 6.61. The lowest BCUT2D eigenvalue weighted by molar-refractivity contribution is -0.133. The first kappa shape index (κ1) is 14.9. The van der Waals surface area contributed by atoms with Crippen LogP contribution in [0.3, 0.4) is 0 Å². The van der Waals surface area contributed by atoms with Crippen molar-refractivity contribution >= 4 is 17.7 Å². The van der Waals surface area contributed by atoms with Gasteiger partial charge in [0.1, 0.15) is 0 Å². The van der Waals surface area contributed by atoms with Crippen LogP contribution >= 0.6 is 11.8 Å². The molecule has 0 atom stereocenters. The Morgan fingerprint density at radius 2 is 2.28 bits per heavy atom. The second-order valence-corrected chi connectivity index (χ2v) is 4.73. The Bertz CT molecular complexity index is 371. The van der Waals surface area contributed by atoms with Crippen LogP contribution in [0, 0.1) is 0 Å². The molecule has 1 aromatic rings. The van der Waals surface area contributed by atoms with Crippen LogP contribution in [0.2, 0.25) is 0 Å². The molecule has 0 saturated carbocycles. The molecule has 0 aromatic carbocycles. The highest BCUT2D eigenvalue weighted by atomic mass is 32.2. The molecule has 1 rings (SSSR count). The fourth-order valence-corrected chi connectivity index (χ4v) is 1.69. The quantitative estimate of drug-likeness (QED) is 0.473. The first-order valence-electron chi connectivity index (χ1n) is 5.43. The number of tetrazole rings is 1. The van der Waals surface area contributed by atoms with E-state index < -0.39 is 5.97 Å². The van der Waals surface area contributed by atoms with Gasteiger partial charge in [-0.05, 0) is 24.5 Å². The summed E-state index contributed by atoms with van der Waals surface area (Å²) >= 11 is 1.09. The zero-order valence-electron chi connectivity index (χ0n) is 10.4. The Balaban J connectivity index is 2.25. The predicted octanol–water partition coefficient (Wildman–Crippen LogP) is -0.572. The van der Waals surface area contributed by atoms with Crippen molar-refractivity contribution in [1.29, 1.82) is 0 Å². The number of hydrogen-bond donors (Lipinski definition) is 1. The van der Waals surface area contributed by atoms with Crippen LogP contribution in [0.5, 0.6) is 0 Å². The third kappa shape index (κ3) is 5.94. The number of aliphatic carboxylic acids is 1. The number of aromatic nitrogens is 4. The minimum absolute atomic E-state index is 0.0537. The first-order valence-corrected chi connectivity index (χ1v) is 6.41. The number of rotatable bonds is 9. The maximum Gasteiger partial charge on any atom is 0.313 e. The second kappa shape index (κ2) is 8.01. The first-order chi connectivity index (χ1) is 8.59. The maximum atomic E-state index is 10.4. The molecule has 0 bridgehead atoms. The molecule has 0 amide bonds. The van der Waals surface area contributed by atoms with Gasteiger partial charge in [0.05, 0.1) is 25.5 Å². The van der Waals surface area contributed by atoms with E-state index in [-0.39, 0.29) is 5.75 Å². The van der Waals surface area contributed by atoms with E-state index in [4.69, 9.17) is 9.84 Å². The molecule has 18 heavy (non-hydrogen) atoms. The molecule has 0 spiro atoms. The van der Waals surface area contributed by atoms with Gasteiger partial charge >= 0.3 is 5.97 Å². The number of carbonyl (C=O) groups is 1. The van der Waals surface area contributed by atoms with Crippen molar-refractivity contribution in [2.45, 2.75) is 11.7 Å². The van der Waals surface area contributed by atoms with Gasteiger partial charge in [-0.1, -0.05) is 11.8 Å². The third-order valence-electron chi connectivity index (χ3n) is 1.95. The summed E-state index contributed by atoms with van der Waals surface area (Å²) < 4.78 is 6.96. The van der Waals surface area contributed by atoms with E-state index in [9.17, 15) is 4.79 Å². The Hall–Kier alpha value is -1.19. The van der Waals surface area contributed by atoms with Gasteiger partial charge in [-0.2, -0.15) is 0 Å². The fraction of sp³-hybridized carbons (Fsp3) is 0.778. The van der Waals surface area contributed by atoms with Gasteiger partial charge in [-0.3, -0.25) is 4.79 Å². The number of carboxylic acid groups (broad SMARTS) is 1. The van der Waals surface area contributed by atoms with Crippen LogP contribution in [0.1, 0.15) is 0 Å². The van der Waals surface area contributed by atoms with Crippen molar-refractivity contribution in [2.24, 2.45) is 0 Å². The highest BCUT2D eigenvalue weighted by molar-refractivity contribution is 7.99. The summed E-state index contributed by atoms with van der Waals surface area (Å²) in [6, 6.07) is 0. The van der Waals surface area contributed by atoms with Crippen LogP contribution in [0.25, 0.3) is 0 Å². The van der Waals surface area contributed by atoms with Crippen molar-refractivity contribution in [3.63, 3.8) is 0 Å². The topological polar surface area (TPSA) is 93.4 Å². The molecule has 0 radical (unpaired) electrons. The molecule has 0 fully saturated rings. The lowest BCUT2D eigenvalue weighted by Gasteiger charge is -2.09. The van der Waals surface area contributed by atoms with E-state index in [0.717, 1.165) is 18.3 Å². The smallest absolute Gasteiger partial charge is 0.313 e. The molecule has 9 heteroatoms. The number of nitrogens with zero attached hydrogens (tertiary/aromatic N) is 5. The Labute approximate surface area is 109 Å². The van der Waals surface area contributed by atoms with Crippen LogP contribution in [0.15, 0.2) is 5.16 Å². The molecule has 0 aliphatic carbocycles. The number of likely N-dealkylation sites (N-methyl/N-ethyl adjacent to an activating group) is 1. The summed E-state index contributed by atoms with van der Waals surface area (Å²) in [5, 5.41) is 20.1. The van der Waals surface area contributed by atoms with Gasteiger partial charge in [0.15, 0.2) is 0 Å². The van der Waals surface area contributed by atoms with Crippen molar-refractivity contribution < 1.29 is 14.6 Å². The lowest BCUT2D eigenvalue weighted by Crippen LogP contribution is -2.19. The Morgan fingerprint density at radius 1 is 1.50 bits per heavy atom. The van der Waals surface area contributed by atoms with Crippen molar-refractivity contribution in [2.75, 3.05) is 39.6 Å². The average molecular weight is 275 g/mol. The van der Waals surface area contributed by atoms with Crippen LogP contribution in [-0.4, -0.2) is 75.8 Å². The van der Waals surface area contributed by atoms with Gasteiger partial charge in [-0.15, -0.1) is 5.10 Å². The summed E-state index contributed by atoms with van der Waals surface area (Å²) in [6.07, 6.45) is 0. The van der Waals surface area contributed by atoms with E-state index in [2.05, 4.69) is 15.5 Å². The summed E-state index contributed by atoms with van der Waals surface area (Å²) in [7, 11) is 3.96. The highest BCUT2D eigenvalue weighted by Crippen LogP contribution is 2.12. The zero-order chi connectivity index (χ0) is 13.4. The third-order valence-corrected chi connectivity index (χ3v) is 2.90. The van der Waals surface area contributed by atoms with Gasteiger partial charge in [-0.25, -0.2) is 4.68 Å². The van der Waals surface area contributed by atoms with Crippen LogP contribution in [-0.2, 0) is 16.1 Å². The molecule has 1 aromatic heterocycles. The molecule has 1 N–H and O–H groups in total. The Morgan fingerprint density at radius 3 is 2.94 bits per heavy atom. The number of ether oxygens (including phenoxy) is 1. The largest absolute Gasteiger partial charge is 0.481 e. The maximum absolute atomic E-state index is 10.4. The van der Waals surface area contributed by atoms with E-state index in [1.807, 2.05) is 19.0 Å². The second-order valence-electron chi connectivity index (χ2n) is 3.78. The predicted molar refractivity (Wildman–Crippen MR) is 65.5 cm³/mol. The van der Waals surface area contributed by atoms with Crippen molar-refractivity contribution in [3.8, 4) is 0 Å². The molecule has 8 nitrogen and oxygen atoms in total. The summed E-state index contributed by atoms with van der Waals surface area (Å²) in [5.74, 6) is -0.946. The molecular formula is C9H17N5O3S. The highest BCUT2D eigenvalue weighted by Gasteiger charge is 2.08. The number of thioether (sulfide) groups is 1. The van der Waals surface area contributed by atoms with Gasteiger partial charge in [0, 0.05) is 6.54 Å². The van der Waals surface area contributed by atoms with Gasteiger partial charge in [0.2, 0.25) is 5.16 Å². The van der Waals surface area contributed by atoms with Crippen LogP contribution in [0.4, 0.5) is 0 Å². The minimum atomic E-state index is -0.892. The fourth-order valence-electron chi connectivity index (χ4n) is 1.07. The molecule has 0 saturated heterocycles. The van der Waals surface area contributed by atoms with Crippen LogP contribution < -0.4 is 0 Å². The van der Waals surface area contributed by atoms with E-state index in [0.29, 0.717) is 24.9 Å². The van der Waals surface area contributed by atoms with E-state index in [1.54, 1.807) is 4.68 Å². The van der Waals surface area contributed by atoms with Crippen molar-refractivity contribution in [1.82, 2.24) is 25.1 Å². The molecule has 0 unspecified atom stereocenters. The average Bonchev–Trinajstić information content (AvgIpc) is 2.73. The van der Waals surface area contributed by atoms with E-state index in [1.165, 1.54) is 0 Å². The molecule has 102 valence electrons. The van der Waals surface area contributed by atoms with Crippen molar-refractivity contribution in [3.05, 3.63) is 0 Å². The summed E-state index contributed by atoms with van der Waals surface area (Å²) in [5.41, 5.74) is 0.